The Hall–Kier alpha value is -3.16. The smallest absolute Gasteiger partial charge is 0.409 e. The lowest BCUT2D eigenvalue weighted by Crippen LogP contribution is -2.42. The molecule has 1 aliphatic heterocycles. The number of piperidine rings is 1. The van der Waals surface area contributed by atoms with Gasteiger partial charge in [-0.15, -0.1) is 0 Å². The van der Waals surface area contributed by atoms with Gasteiger partial charge in [-0.2, -0.15) is 0 Å². The minimum Gasteiger partial charge on any atom is -0.450 e. The molecule has 1 fully saturated rings. The van der Waals surface area contributed by atoms with Crippen molar-refractivity contribution in [1.29, 1.82) is 0 Å². The Morgan fingerprint density at radius 2 is 1.90 bits per heavy atom. The van der Waals surface area contributed by atoms with Gasteiger partial charge in [0.05, 0.1) is 25.0 Å². The zero-order valence-electron chi connectivity index (χ0n) is 16.8. The van der Waals surface area contributed by atoms with E-state index in [1.54, 1.807) is 18.0 Å². The number of benzene rings is 1. The van der Waals surface area contributed by atoms with Gasteiger partial charge in [0, 0.05) is 19.1 Å². The molecule has 0 bridgehead atoms. The van der Waals surface area contributed by atoms with Crippen LogP contribution in [0.15, 0.2) is 42.7 Å². The van der Waals surface area contributed by atoms with E-state index in [4.69, 9.17) is 4.74 Å². The van der Waals surface area contributed by atoms with Crippen molar-refractivity contribution in [2.24, 2.45) is 0 Å². The number of nitrogens with zero attached hydrogens (tertiary/aromatic N) is 3. The summed E-state index contributed by atoms with van der Waals surface area (Å²) in [4.78, 5) is 34.4. The van der Waals surface area contributed by atoms with E-state index >= 15 is 0 Å². The van der Waals surface area contributed by atoms with Gasteiger partial charge in [-0.3, -0.25) is 4.79 Å². The fraction of sp³-hybridized carbons (Fsp3) is 0.429. The van der Waals surface area contributed by atoms with Crippen molar-refractivity contribution in [3.8, 4) is 0 Å². The van der Waals surface area contributed by atoms with Crippen LogP contribution in [0.3, 0.4) is 0 Å². The van der Waals surface area contributed by atoms with Gasteiger partial charge < -0.3 is 20.3 Å². The minimum atomic E-state index is -0.261. The number of anilines is 1. The van der Waals surface area contributed by atoms with E-state index in [0.29, 0.717) is 25.5 Å². The molecule has 3 rings (SSSR count). The summed E-state index contributed by atoms with van der Waals surface area (Å²) in [5.74, 6) is 0.357. The number of carbonyl (C=O) groups excluding carboxylic acids is 2. The molecule has 1 saturated heterocycles. The SMILES string of the molecule is CCOC(=O)N1CCC(Nc2cnc(C(=O)NC(C)c3ccccc3)cn2)CC1. The number of ether oxygens (including phenoxy) is 1. The van der Waals surface area contributed by atoms with E-state index in [9.17, 15) is 9.59 Å². The van der Waals surface area contributed by atoms with Crippen LogP contribution in [0.5, 0.6) is 0 Å². The van der Waals surface area contributed by atoms with Crippen LogP contribution < -0.4 is 10.6 Å². The van der Waals surface area contributed by atoms with Gasteiger partial charge in [-0.1, -0.05) is 30.3 Å². The molecule has 8 heteroatoms. The highest BCUT2D eigenvalue weighted by Crippen LogP contribution is 2.16. The standard InChI is InChI=1S/C21H27N5O3/c1-3-29-21(28)26-11-9-17(10-12-26)25-19-14-22-18(13-23-19)20(27)24-15(2)16-7-5-4-6-8-16/h4-8,13-15,17H,3,9-12H2,1-2H3,(H,23,25)(H,24,27). The Morgan fingerprint density at radius 1 is 1.17 bits per heavy atom. The normalized spacial score (nSPS) is 15.4. The average Bonchev–Trinajstić information content (AvgIpc) is 2.75. The molecule has 1 aliphatic rings. The molecule has 2 heterocycles. The number of aromatic nitrogens is 2. The molecular weight excluding hydrogens is 370 g/mol. The number of likely N-dealkylation sites (tertiary alicyclic amines) is 1. The van der Waals surface area contributed by atoms with Crippen molar-refractivity contribution in [3.63, 3.8) is 0 Å². The number of amides is 2. The van der Waals surface area contributed by atoms with Crippen LogP contribution in [-0.2, 0) is 4.74 Å². The van der Waals surface area contributed by atoms with Crippen molar-refractivity contribution >= 4 is 17.8 Å². The van der Waals surface area contributed by atoms with Gasteiger partial charge in [0.15, 0.2) is 0 Å². The van der Waals surface area contributed by atoms with Crippen molar-refractivity contribution in [3.05, 3.63) is 54.0 Å². The number of carbonyl (C=O) groups is 2. The summed E-state index contributed by atoms with van der Waals surface area (Å²) in [5, 5.41) is 6.25. The van der Waals surface area contributed by atoms with Crippen LogP contribution in [0.25, 0.3) is 0 Å². The van der Waals surface area contributed by atoms with Gasteiger partial charge >= 0.3 is 6.09 Å². The fourth-order valence-corrected chi connectivity index (χ4v) is 3.25. The predicted octanol–water partition coefficient (Wildman–Crippen LogP) is 3.00. The zero-order chi connectivity index (χ0) is 20.6. The molecule has 1 aromatic heterocycles. The Morgan fingerprint density at radius 3 is 2.52 bits per heavy atom. The Kier molecular flexibility index (Phi) is 6.99. The van der Waals surface area contributed by atoms with Crippen LogP contribution in [0.1, 0.15) is 48.8 Å². The number of hydrogen-bond donors (Lipinski definition) is 2. The molecule has 0 saturated carbocycles. The molecule has 29 heavy (non-hydrogen) atoms. The van der Waals surface area contributed by atoms with Gasteiger partial charge in [0.1, 0.15) is 11.5 Å². The largest absolute Gasteiger partial charge is 0.450 e. The molecule has 1 atom stereocenters. The third-order valence-corrected chi connectivity index (χ3v) is 4.90. The molecule has 0 spiro atoms. The number of nitrogens with one attached hydrogen (secondary N) is 2. The van der Waals surface area contributed by atoms with E-state index in [1.807, 2.05) is 37.3 Å². The lowest BCUT2D eigenvalue weighted by Gasteiger charge is -2.31. The zero-order valence-corrected chi connectivity index (χ0v) is 16.8. The molecule has 2 amide bonds. The molecule has 1 unspecified atom stereocenters. The molecule has 0 radical (unpaired) electrons. The van der Waals surface area contributed by atoms with E-state index in [2.05, 4.69) is 20.6 Å². The molecule has 2 N–H and O–H groups in total. The first-order chi connectivity index (χ1) is 14.1. The highest BCUT2D eigenvalue weighted by Gasteiger charge is 2.23. The van der Waals surface area contributed by atoms with Gasteiger partial charge in [0.2, 0.25) is 0 Å². The van der Waals surface area contributed by atoms with E-state index in [1.165, 1.54) is 6.20 Å². The highest BCUT2D eigenvalue weighted by atomic mass is 16.6. The second-order valence-corrected chi connectivity index (χ2v) is 7.00. The van der Waals surface area contributed by atoms with Crippen LogP contribution in [-0.4, -0.2) is 52.6 Å². The quantitative estimate of drug-likeness (QED) is 0.778. The van der Waals surface area contributed by atoms with Crippen molar-refractivity contribution in [2.45, 2.75) is 38.8 Å². The van der Waals surface area contributed by atoms with Gasteiger partial charge in [-0.25, -0.2) is 14.8 Å². The fourth-order valence-electron chi connectivity index (χ4n) is 3.25. The first-order valence-electron chi connectivity index (χ1n) is 9.93. The average molecular weight is 397 g/mol. The van der Waals surface area contributed by atoms with E-state index in [-0.39, 0.29) is 29.8 Å². The summed E-state index contributed by atoms with van der Waals surface area (Å²) in [6, 6.07) is 9.84. The Labute approximate surface area is 170 Å². The monoisotopic (exact) mass is 397 g/mol. The maximum Gasteiger partial charge on any atom is 0.409 e. The molecule has 0 aliphatic carbocycles. The minimum absolute atomic E-state index is 0.118. The third-order valence-electron chi connectivity index (χ3n) is 4.90. The summed E-state index contributed by atoms with van der Waals surface area (Å²) >= 11 is 0. The van der Waals surface area contributed by atoms with Crippen molar-refractivity contribution in [1.82, 2.24) is 20.2 Å². The van der Waals surface area contributed by atoms with Crippen molar-refractivity contribution < 1.29 is 14.3 Å². The Balaban J connectivity index is 1.49. The third kappa shape index (κ3) is 5.66. The van der Waals surface area contributed by atoms with Crippen LogP contribution in [0, 0.1) is 0 Å². The Bertz CT molecular complexity index is 805. The molecular formula is C21H27N5O3. The summed E-state index contributed by atoms with van der Waals surface area (Å²) in [7, 11) is 0. The molecule has 1 aromatic carbocycles. The summed E-state index contributed by atoms with van der Waals surface area (Å²) < 4.78 is 5.03. The maximum absolute atomic E-state index is 12.4. The first-order valence-corrected chi connectivity index (χ1v) is 9.93. The van der Waals surface area contributed by atoms with Crippen molar-refractivity contribution in [2.75, 3.05) is 25.0 Å². The summed E-state index contributed by atoms with van der Waals surface area (Å²) in [6.07, 6.45) is 4.39. The molecule has 154 valence electrons. The predicted molar refractivity (Wildman–Crippen MR) is 110 cm³/mol. The van der Waals surface area contributed by atoms with E-state index in [0.717, 1.165) is 18.4 Å². The number of rotatable bonds is 6. The van der Waals surface area contributed by atoms with Gasteiger partial charge in [-0.05, 0) is 32.3 Å². The first kappa shape index (κ1) is 20.6. The van der Waals surface area contributed by atoms with Crippen LogP contribution in [0.2, 0.25) is 0 Å². The summed E-state index contributed by atoms with van der Waals surface area (Å²) in [6.45, 7) is 5.40. The number of hydrogen-bond acceptors (Lipinski definition) is 6. The molecule has 2 aromatic rings. The topological polar surface area (TPSA) is 96.5 Å². The second-order valence-electron chi connectivity index (χ2n) is 7.00. The molecule has 8 nitrogen and oxygen atoms in total. The maximum atomic E-state index is 12.4. The van der Waals surface area contributed by atoms with Gasteiger partial charge in [0.25, 0.3) is 5.91 Å². The lowest BCUT2D eigenvalue weighted by molar-refractivity contribution is 0.0933. The van der Waals surface area contributed by atoms with Crippen LogP contribution >= 0.6 is 0 Å². The summed E-state index contributed by atoms with van der Waals surface area (Å²) in [5.41, 5.74) is 1.30. The lowest BCUT2D eigenvalue weighted by atomic mass is 10.1. The highest BCUT2D eigenvalue weighted by molar-refractivity contribution is 5.92. The van der Waals surface area contributed by atoms with E-state index < -0.39 is 0 Å². The van der Waals surface area contributed by atoms with Crippen LogP contribution in [0.4, 0.5) is 10.6 Å². The second kappa shape index (κ2) is 9.86.